The van der Waals surface area contributed by atoms with Crippen LogP contribution in [-0.4, -0.2) is 77.6 Å². The Morgan fingerprint density at radius 1 is 0.682 bits per heavy atom. The number of benzene rings is 1. The molecular weight excluding hydrogens is 276 g/mol. The third kappa shape index (κ3) is 8.90. The van der Waals surface area contributed by atoms with E-state index in [2.05, 4.69) is 42.3 Å². The molecular formula is C18H34N2O2+2. The Bertz CT molecular complexity index is 392. The number of quaternary nitrogens is 2. The molecule has 4 heteroatoms. The molecule has 0 amide bonds. The van der Waals surface area contributed by atoms with Crippen LogP contribution in [0.4, 0.5) is 0 Å². The lowest BCUT2D eigenvalue weighted by atomic mass is 10.3. The van der Waals surface area contributed by atoms with E-state index >= 15 is 0 Å². The van der Waals surface area contributed by atoms with E-state index in [0.717, 1.165) is 59.6 Å². The zero-order chi connectivity index (χ0) is 16.6. The second-order valence-electron chi connectivity index (χ2n) is 7.88. The molecule has 0 spiro atoms. The SMILES string of the molecule is C[N+](C)(C)CCCOc1ccccc1OCCC[N+](C)(C)C. The van der Waals surface area contributed by atoms with E-state index in [1.54, 1.807) is 0 Å². The maximum atomic E-state index is 5.89. The fourth-order valence-electron chi connectivity index (χ4n) is 2.13. The smallest absolute Gasteiger partial charge is 0.161 e. The van der Waals surface area contributed by atoms with Crippen molar-refractivity contribution in [2.75, 3.05) is 68.6 Å². The number of hydrogen-bond donors (Lipinski definition) is 0. The normalized spacial score (nSPS) is 12.3. The number of hydrogen-bond acceptors (Lipinski definition) is 2. The van der Waals surface area contributed by atoms with E-state index in [1.807, 2.05) is 24.3 Å². The van der Waals surface area contributed by atoms with Crippen LogP contribution >= 0.6 is 0 Å². The second kappa shape index (κ2) is 8.39. The highest BCUT2D eigenvalue weighted by Crippen LogP contribution is 2.26. The maximum Gasteiger partial charge on any atom is 0.161 e. The third-order valence-corrected chi connectivity index (χ3v) is 3.31. The van der Waals surface area contributed by atoms with Gasteiger partial charge >= 0.3 is 0 Å². The average Bonchev–Trinajstić information content (AvgIpc) is 2.39. The van der Waals surface area contributed by atoms with Gasteiger partial charge in [0, 0.05) is 12.8 Å². The van der Waals surface area contributed by atoms with E-state index in [0.29, 0.717) is 0 Å². The maximum absolute atomic E-state index is 5.89. The van der Waals surface area contributed by atoms with Crippen molar-refractivity contribution in [3.05, 3.63) is 24.3 Å². The van der Waals surface area contributed by atoms with Crippen LogP contribution < -0.4 is 9.47 Å². The van der Waals surface area contributed by atoms with Crippen molar-refractivity contribution in [2.45, 2.75) is 12.8 Å². The largest absolute Gasteiger partial charge is 0.489 e. The second-order valence-corrected chi connectivity index (χ2v) is 7.88. The molecule has 0 aliphatic heterocycles. The number of para-hydroxylation sites is 2. The van der Waals surface area contributed by atoms with Gasteiger partial charge in [0.15, 0.2) is 11.5 Å². The standard InChI is InChI=1S/C18H34N2O2/c1-19(2,3)13-9-15-21-17-11-7-8-12-18(17)22-16-10-14-20(4,5)6/h7-8,11-12H,9-10,13-16H2,1-6H3/q+2. The van der Waals surface area contributed by atoms with Gasteiger partial charge in [0.2, 0.25) is 0 Å². The van der Waals surface area contributed by atoms with Crippen LogP contribution in [0.15, 0.2) is 24.3 Å². The number of nitrogens with zero attached hydrogens (tertiary/aromatic N) is 2. The van der Waals surface area contributed by atoms with Gasteiger partial charge in [0.05, 0.1) is 68.6 Å². The van der Waals surface area contributed by atoms with E-state index < -0.39 is 0 Å². The summed E-state index contributed by atoms with van der Waals surface area (Å²) in [6.07, 6.45) is 2.08. The van der Waals surface area contributed by atoms with Crippen molar-refractivity contribution in [1.82, 2.24) is 0 Å². The highest BCUT2D eigenvalue weighted by atomic mass is 16.5. The molecule has 0 unspecified atom stereocenters. The first-order chi connectivity index (χ1) is 10.2. The molecule has 1 rings (SSSR count). The van der Waals surface area contributed by atoms with Crippen LogP contribution in [0.3, 0.4) is 0 Å². The molecule has 0 saturated heterocycles. The Hall–Kier alpha value is -1.26. The first kappa shape index (κ1) is 18.8. The topological polar surface area (TPSA) is 18.5 Å². The summed E-state index contributed by atoms with van der Waals surface area (Å²) >= 11 is 0. The Morgan fingerprint density at radius 3 is 1.36 bits per heavy atom. The predicted molar refractivity (Wildman–Crippen MR) is 92.5 cm³/mol. The quantitative estimate of drug-likeness (QED) is 0.488. The summed E-state index contributed by atoms with van der Waals surface area (Å²) in [5, 5.41) is 0. The fourth-order valence-corrected chi connectivity index (χ4v) is 2.13. The molecule has 0 N–H and O–H groups in total. The van der Waals surface area contributed by atoms with E-state index in [1.165, 1.54) is 0 Å². The predicted octanol–water partition coefficient (Wildman–Crippen LogP) is 2.64. The molecule has 22 heavy (non-hydrogen) atoms. The first-order valence-electron chi connectivity index (χ1n) is 8.13. The van der Waals surface area contributed by atoms with Crippen LogP contribution in [0.25, 0.3) is 0 Å². The molecule has 0 fully saturated rings. The molecule has 0 aliphatic carbocycles. The minimum Gasteiger partial charge on any atom is -0.489 e. The summed E-state index contributed by atoms with van der Waals surface area (Å²) < 4.78 is 13.7. The van der Waals surface area contributed by atoms with Gasteiger partial charge in [-0.05, 0) is 12.1 Å². The van der Waals surface area contributed by atoms with Crippen LogP contribution in [0, 0.1) is 0 Å². The highest BCUT2D eigenvalue weighted by Gasteiger charge is 2.09. The van der Waals surface area contributed by atoms with Gasteiger partial charge in [-0.1, -0.05) is 12.1 Å². The summed E-state index contributed by atoms with van der Waals surface area (Å²) in [7, 11) is 13.2. The lowest BCUT2D eigenvalue weighted by molar-refractivity contribution is -0.870. The molecule has 4 nitrogen and oxygen atoms in total. The van der Waals surface area contributed by atoms with Crippen LogP contribution in [-0.2, 0) is 0 Å². The first-order valence-corrected chi connectivity index (χ1v) is 8.13. The number of rotatable bonds is 10. The van der Waals surface area contributed by atoms with Crippen LogP contribution in [0.5, 0.6) is 11.5 Å². The summed E-state index contributed by atoms with van der Waals surface area (Å²) in [5.74, 6) is 1.71. The fraction of sp³-hybridized carbons (Fsp3) is 0.667. The molecule has 126 valence electrons. The Balaban J connectivity index is 2.38. The van der Waals surface area contributed by atoms with Crippen LogP contribution in [0.1, 0.15) is 12.8 Å². The minimum atomic E-state index is 0.731. The van der Waals surface area contributed by atoms with Gasteiger partial charge < -0.3 is 18.4 Å². The van der Waals surface area contributed by atoms with Crippen molar-refractivity contribution in [1.29, 1.82) is 0 Å². The van der Waals surface area contributed by atoms with E-state index in [-0.39, 0.29) is 0 Å². The molecule has 0 aliphatic rings. The lowest BCUT2D eigenvalue weighted by Crippen LogP contribution is -2.36. The van der Waals surface area contributed by atoms with Crippen LogP contribution in [0.2, 0.25) is 0 Å². The summed E-state index contributed by atoms with van der Waals surface area (Å²) in [6.45, 7) is 3.67. The lowest BCUT2D eigenvalue weighted by Gasteiger charge is -2.24. The Morgan fingerprint density at radius 2 is 1.05 bits per heavy atom. The molecule has 0 atom stereocenters. The summed E-state index contributed by atoms with van der Waals surface area (Å²) in [4.78, 5) is 0. The van der Waals surface area contributed by atoms with Gasteiger partial charge in [-0.15, -0.1) is 0 Å². The van der Waals surface area contributed by atoms with E-state index in [9.17, 15) is 0 Å². The van der Waals surface area contributed by atoms with Gasteiger partial charge in [-0.25, -0.2) is 0 Å². The molecule has 0 bridgehead atoms. The molecule has 1 aromatic rings. The molecule has 1 aromatic carbocycles. The summed E-state index contributed by atoms with van der Waals surface area (Å²) in [6, 6.07) is 7.96. The van der Waals surface area contributed by atoms with Gasteiger partial charge in [-0.2, -0.15) is 0 Å². The summed E-state index contributed by atoms with van der Waals surface area (Å²) in [5.41, 5.74) is 0. The zero-order valence-corrected chi connectivity index (χ0v) is 15.3. The number of ether oxygens (including phenoxy) is 2. The third-order valence-electron chi connectivity index (χ3n) is 3.31. The van der Waals surface area contributed by atoms with Gasteiger partial charge in [-0.3, -0.25) is 0 Å². The highest BCUT2D eigenvalue weighted by molar-refractivity contribution is 5.39. The van der Waals surface area contributed by atoms with E-state index in [4.69, 9.17) is 9.47 Å². The Kier molecular flexibility index (Phi) is 7.17. The minimum absolute atomic E-state index is 0.731. The molecule has 0 heterocycles. The van der Waals surface area contributed by atoms with Crippen molar-refractivity contribution < 1.29 is 18.4 Å². The van der Waals surface area contributed by atoms with Crippen molar-refractivity contribution >= 4 is 0 Å². The zero-order valence-electron chi connectivity index (χ0n) is 15.3. The molecule has 0 aromatic heterocycles. The van der Waals surface area contributed by atoms with Gasteiger partial charge in [0.1, 0.15) is 0 Å². The van der Waals surface area contributed by atoms with Crippen molar-refractivity contribution in [3.8, 4) is 11.5 Å². The van der Waals surface area contributed by atoms with Crippen molar-refractivity contribution in [2.24, 2.45) is 0 Å². The Labute approximate surface area is 136 Å². The van der Waals surface area contributed by atoms with Crippen molar-refractivity contribution in [3.63, 3.8) is 0 Å². The van der Waals surface area contributed by atoms with Gasteiger partial charge in [0.25, 0.3) is 0 Å². The average molecular weight is 310 g/mol. The monoisotopic (exact) mass is 310 g/mol. The molecule has 0 radical (unpaired) electrons. The molecule has 0 saturated carbocycles.